The first-order valence-corrected chi connectivity index (χ1v) is 14.3. The van der Waals surface area contributed by atoms with Gasteiger partial charge in [-0.05, 0) is 70.9 Å². The van der Waals surface area contributed by atoms with Crippen molar-refractivity contribution in [2.45, 2.75) is 63.2 Å². The molecule has 41 heavy (non-hydrogen) atoms. The lowest BCUT2D eigenvalue weighted by Gasteiger charge is -2.32. The summed E-state index contributed by atoms with van der Waals surface area (Å²) in [5.41, 5.74) is 0.0204. The minimum absolute atomic E-state index is 0.0953. The molecule has 2 N–H and O–H groups in total. The lowest BCUT2D eigenvalue weighted by atomic mass is 10.0. The van der Waals surface area contributed by atoms with Gasteiger partial charge in [0.15, 0.2) is 17.3 Å². The molecule has 2 fully saturated rings. The highest BCUT2D eigenvalue weighted by Crippen LogP contribution is 2.40. The number of likely N-dealkylation sites (tertiary alicyclic amines) is 1. The van der Waals surface area contributed by atoms with E-state index in [4.69, 9.17) is 14.6 Å². The largest absolute Gasteiger partial charge is 0.495 e. The second-order valence-corrected chi connectivity index (χ2v) is 11.4. The number of carbonyl (C=O) groups excluding carboxylic acids is 1. The van der Waals surface area contributed by atoms with Crippen LogP contribution in [0.2, 0.25) is 0 Å². The van der Waals surface area contributed by atoms with Crippen LogP contribution in [0.15, 0.2) is 29.6 Å². The van der Waals surface area contributed by atoms with Crippen LogP contribution in [-0.2, 0) is 4.84 Å². The fourth-order valence-corrected chi connectivity index (χ4v) is 6.04. The van der Waals surface area contributed by atoms with E-state index < -0.39 is 5.67 Å². The molecule has 11 nitrogen and oxygen atoms in total. The summed E-state index contributed by atoms with van der Waals surface area (Å²) in [6.45, 7) is 3.56. The van der Waals surface area contributed by atoms with E-state index in [0.29, 0.717) is 34.5 Å². The van der Waals surface area contributed by atoms with Crippen LogP contribution in [0.4, 0.5) is 27.5 Å². The molecule has 0 radical (unpaired) electrons. The van der Waals surface area contributed by atoms with Crippen molar-refractivity contribution < 1.29 is 18.8 Å². The third kappa shape index (κ3) is 6.17. The number of aromatic nitrogens is 2. The Kier molecular flexibility index (Phi) is 8.48. The number of piperidine rings is 1. The van der Waals surface area contributed by atoms with Crippen molar-refractivity contribution in [2.75, 3.05) is 63.1 Å². The second-order valence-electron chi connectivity index (χ2n) is 11.4. The third-order valence-corrected chi connectivity index (χ3v) is 8.34. The van der Waals surface area contributed by atoms with E-state index in [1.54, 1.807) is 43.5 Å². The number of oxime groups is 1. The van der Waals surface area contributed by atoms with Crippen molar-refractivity contribution >= 4 is 34.9 Å². The molecular weight excluding hydrogens is 527 g/mol. The van der Waals surface area contributed by atoms with Gasteiger partial charge in [0.2, 0.25) is 5.95 Å². The van der Waals surface area contributed by atoms with Crippen LogP contribution in [0.1, 0.15) is 55.8 Å². The number of anilines is 4. The lowest BCUT2D eigenvalue weighted by Crippen LogP contribution is -2.49. The first-order valence-electron chi connectivity index (χ1n) is 14.3. The van der Waals surface area contributed by atoms with E-state index in [0.717, 1.165) is 51.6 Å². The van der Waals surface area contributed by atoms with E-state index in [9.17, 15) is 4.79 Å². The van der Waals surface area contributed by atoms with Gasteiger partial charge in [0.05, 0.1) is 25.5 Å². The normalized spacial score (nSPS) is 23.3. The number of nitrogens with one attached hydrogen (secondary N) is 2. The molecule has 1 atom stereocenters. The van der Waals surface area contributed by atoms with Gasteiger partial charge in [-0.1, -0.05) is 18.0 Å². The van der Waals surface area contributed by atoms with Gasteiger partial charge in [-0.15, -0.1) is 0 Å². The van der Waals surface area contributed by atoms with Gasteiger partial charge in [-0.25, -0.2) is 9.37 Å². The van der Waals surface area contributed by atoms with E-state index in [1.165, 1.54) is 14.0 Å². The number of amidine groups is 1. The number of methoxy groups -OCH3 is 1. The average Bonchev–Trinajstić information content (AvgIpc) is 3.48. The number of fused-ring (bicyclic) bond motifs is 1. The minimum Gasteiger partial charge on any atom is -0.495 e. The average molecular weight is 569 g/mol. The minimum atomic E-state index is -1.77. The fraction of sp³-hybridized carbons (Fsp3) is 0.586. The maximum absolute atomic E-state index is 16.1. The molecule has 1 aromatic carbocycles. The van der Waals surface area contributed by atoms with Gasteiger partial charge in [0.25, 0.3) is 5.91 Å². The summed E-state index contributed by atoms with van der Waals surface area (Å²) in [5, 5.41) is 10.4. The Hall–Kier alpha value is -3.67. The van der Waals surface area contributed by atoms with Gasteiger partial charge in [0.1, 0.15) is 18.5 Å². The Morgan fingerprint density at radius 1 is 1.15 bits per heavy atom. The zero-order valence-electron chi connectivity index (χ0n) is 24.6. The van der Waals surface area contributed by atoms with Crippen LogP contribution >= 0.6 is 0 Å². The molecule has 1 saturated carbocycles. The number of halogens is 1. The number of benzene rings is 1. The smallest absolute Gasteiger partial charge is 0.251 e. The molecule has 1 amide bonds. The first-order chi connectivity index (χ1) is 19.7. The summed E-state index contributed by atoms with van der Waals surface area (Å²) in [5.74, 6) is 1.52. The van der Waals surface area contributed by atoms with E-state index in [1.807, 2.05) is 0 Å². The lowest BCUT2D eigenvalue weighted by molar-refractivity contribution is 0.0916. The predicted octanol–water partition coefficient (Wildman–Crippen LogP) is 3.94. The Morgan fingerprint density at radius 2 is 1.88 bits per heavy atom. The van der Waals surface area contributed by atoms with Gasteiger partial charge in [-0.2, -0.15) is 4.98 Å². The summed E-state index contributed by atoms with van der Waals surface area (Å²) in [7, 11) is 6.82. The summed E-state index contributed by atoms with van der Waals surface area (Å²) >= 11 is 0. The third-order valence-electron chi connectivity index (χ3n) is 8.34. The molecule has 5 rings (SSSR count). The summed E-state index contributed by atoms with van der Waals surface area (Å²) in [6, 6.07) is 5.60. The van der Waals surface area contributed by atoms with Gasteiger partial charge < -0.3 is 34.9 Å². The SMILES string of the molecule is CO/N=C1\N(C)c2cnc(Nc3ccc(C(=O)NC4CCN(C)CC4)cc3OC)nc2N(C2CCCC2)CC1(C)F. The van der Waals surface area contributed by atoms with Gasteiger partial charge >= 0.3 is 0 Å². The van der Waals surface area contributed by atoms with Crippen molar-refractivity contribution in [2.24, 2.45) is 5.16 Å². The molecule has 1 saturated heterocycles. The van der Waals surface area contributed by atoms with E-state index in [-0.39, 0.29) is 30.4 Å². The quantitative estimate of drug-likeness (QED) is 0.480. The van der Waals surface area contributed by atoms with E-state index in [2.05, 4.69) is 37.6 Å². The van der Waals surface area contributed by atoms with Crippen LogP contribution in [0.25, 0.3) is 0 Å². The fourth-order valence-electron chi connectivity index (χ4n) is 6.04. The van der Waals surface area contributed by atoms with Gasteiger partial charge in [-0.3, -0.25) is 4.79 Å². The van der Waals surface area contributed by atoms with Crippen molar-refractivity contribution in [3.05, 3.63) is 30.0 Å². The molecule has 3 heterocycles. The second kappa shape index (κ2) is 12.1. The summed E-state index contributed by atoms with van der Waals surface area (Å²) in [4.78, 5) is 33.4. The Labute approximate surface area is 241 Å². The predicted molar refractivity (Wildman–Crippen MR) is 158 cm³/mol. The molecule has 1 aromatic heterocycles. The number of hydrogen-bond donors (Lipinski definition) is 2. The first kappa shape index (κ1) is 28.8. The standard InChI is InChI=1S/C29H41FN8O3/c1-29(30)18-38(21-8-6-7-9-21)25-23(37(3)27(29)35-41-5)17-31-28(34-25)33-22-11-10-19(16-24(22)40-4)26(39)32-20-12-14-36(2)15-13-20/h10-11,16-17,20-21H,6-9,12-15,18H2,1-5H3,(H,32,39)(H,31,33,34)/b35-27-. The topological polar surface area (TPSA) is 107 Å². The molecular formula is C29H41FN8O3. The summed E-state index contributed by atoms with van der Waals surface area (Å²) < 4.78 is 21.7. The number of ether oxygens (including phenoxy) is 1. The molecule has 0 spiro atoms. The van der Waals surface area contributed by atoms with Crippen LogP contribution in [0.5, 0.6) is 5.75 Å². The molecule has 222 valence electrons. The highest BCUT2D eigenvalue weighted by Gasteiger charge is 2.44. The maximum atomic E-state index is 16.1. The van der Waals surface area contributed by atoms with Gasteiger partial charge in [0, 0.05) is 24.7 Å². The monoisotopic (exact) mass is 568 g/mol. The maximum Gasteiger partial charge on any atom is 0.251 e. The van der Waals surface area contributed by atoms with Crippen molar-refractivity contribution in [3.8, 4) is 5.75 Å². The molecule has 2 aromatic rings. The van der Waals surface area contributed by atoms with Crippen LogP contribution < -0.4 is 25.2 Å². The highest BCUT2D eigenvalue weighted by molar-refractivity contribution is 6.06. The molecule has 1 aliphatic carbocycles. The Morgan fingerprint density at radius 3 is 2.56 bits per heavy atom. The number of rotatable bonds is 7. The van der Waals surface area contributed by atoms with Crippen LogP contribution in [0, 0.1) is 0 Å². The number of hydrogen-bond acceptors (Lipinski definition) is 9. The zero-order chi connectivity index (χ0) is 29.1. The Balaban J connectivity index is 1.41. The van der Waals surface area contributed by atoms with E-state index >= 15 is 4.39 Å². The zero-order valence-corrected chi connectivity index (χ0v) is 24.6. The number of nitrogens with zero attached hydrogens (tertiary/aromatic N) is 6. The molecule has 2 aliphatic heterocycles. The summed E-state index contributed by atoms with van der Waals surface area (Å²) in [6.07, 6.45) is 7.67. The highest BCUT2D eigenvalue weighted by atomic mass is 19.1. The van der Waals surface area contributed by atoms with Crippen LogP contribution in [0.3, 0.4) is 0 Å². The molecule has 3 aliphatic rings. The molecule has 0 bridgehead atoms. The van der Waals surface area contributed by atoms with Crippen molar-refractivity contribution in [1.29, 1.82) is 0 Å². The Bertz CT molecular complexity index is 1270. The number of amides is 1. The number of carbonyl (C=O) groups is 1. The number of alkyl halides is 1. The van der Waals surface area contributed by atoms with Crippen LogP contribution in [-0.4, -0.2) is 92.3 Å². The molecule has 1 unspecified atom stereocenters. The van der Waals surface area contributed by atoms with Crippen molar-refractivity contribution in [3.63, 3.8) is 0 Å². The molecule has 12 heteroatoms. The van der Waals surface area contributed by atoms with Crippen molar-refractivity contribution in [1.82, 2.24) is 20.2 Å².